The molecule has 2 aromatic heterocycles. The van der Waals surface area contributed by atoms with Crippen molar-refractivity contribution in [3.8, 4) is 0 Å². The molecule has 162 valence electrons. The van der Waals surface area contributed by atoms with E-state index in [1.165, 1.54) is 18.5 Å². The first kappa shape index (κ1) is 21.8. The fourth-order valence-electron chi connectivity index (χ4n) is 3.32. The monoisotopic (exact) mass is 421 g/mol. The molecule has 0 amide bonds. The quantitative estimate of drug-likeness (QED) is 0.491. The molecule has 3 aromatic rings. The number of hydrogen-bond acceptors (Lipinski definition) is 6. The van der Waals surface area contributed by atoms with Gasteiger partial charge >= 0.3 is 6.18 Å². The molecule has 2 heterocycles. The zero-order valence-electron chi connectivity index (χ0n) is 17.4. The number of imidazole rings is 1. The summed E-state index contributed by atoms with van der Waals surface area (Å²) in [4.78, 5) is 18.3. The van der Waals surface area contributed by atoms with Gasteiger partial charge in [-0.25, -0.2) is 9.97 Å². The summed E-state index contributed by atoms with van der Waals surface area (Å²) >= 11 is 0. The van der Waals surface area contributed by atoms with Crippen LogP contribution in [0, 0.1) is 0 Å². The molecule has 1 aromatic carbocycles. The number of benzene rings is 1. The average Bonchev–Trinajstić information content (AvgIpc) is 3.07. The van der Waals surface area contributed by atoms with Gasteiger partial charge in [-0.1, -0.05) is 0 Å². The Bertz CT molecular complexity index is 957. The Kier molecular flexibility index (Phi) is 6.45. The highest BCUT2D eigenvalue weighted by atomic mass is 19.4. The molecule has 0 unspecified atom stereocenters. The van der Waals surface area contributed by atoms with Crippen LogP contribution in [-0.4, -0.2) is 50.0 Å². The fourth-order valence-corrected chi connectivity index (χ4v) is 3.32. The molecule has 30 heavy (non-hydrogen) atoms. The number of rotatable bonds is 8. The van der Waals surface area contributed by atoms with E-state index in [2.05, 4.69) is 63.2 Å². The first-order valence-corrected chi connectivity index (χ1v) is 9.79. The largest absolute Gasteiger partial charge is 0.416 e. The number of aromatic amines is 1. The third-order valence-corrected chi connectivity index (χ3v) is 4.75. The molecule has 0 aliphatic rings. The van der Waals surface area contributed by atoms with Crippen LogP contribution >= 0.6 is 0 Å². The van der Waals surface area contributed by atoms with Crippen molar-refractivity contribution in [3.05, 3.63) is 36.2 Å². The van der Waals surface area contributed by atoms with Gasteiger partial charge in [-0.2, -0.15) is 18.2 Å². The van der Waals surface area contributed by atoms with Gasteiger partial charge in [-0.15, -0.1) is 0 Å². The number of H-pyrrole nitrogens is 1. The van der Waals surface area contributed by atoms with E-state index in [1.807, 2.05) is 0 Å². The molecule has 10 heteroatoms. The molecule has 0 bridgehead atoms. The second kappa shape index (κ2) is 8.86. The van der Waals surface area contributed by atoms with Gasteiger partial charge in [-0.3, -0.25) is 4.90 Å². The van der Waals surface area contributed by atoms with Gasteiger partial charge in [0, 0.05) is 30.9 Å². The number of halogens is 3. The third-order valence-electron chi connectivity index (χ3n) is 4.75. The Morgan fingerprint density at radius 3 is 2.30 bits per heavy atom. The standard InChI is InChI=1S/C20H26F3N7/c1-12(2)30(13(3)4)10-9-24-17-16-18(26-11-25-17)29-19(28-16)27-15-7-5-14(6-8-15)20(21,22)23/h5-8,11-13H,9-10H2,1-4H3,(H3,24,25,26,27,28,29). The van der Waals surface area contributed by atoms with Gasteiger partial charge in [0.1, 0.15) is 11.8 Å². The summed E-state index contributed by atoms with van der Waals surface area (Å²) < 4.78 is 38.1. The molecule has 0 saturated heterocycles. The zero-order valence-corrected chi connectivity index (χ0v) is 17.4. The normalized spacial score (nSPS) is 12.3. The molecule has 0 spiro atoms. The van der Waals surface area contributed by atoms with Gasteiger partial charge in [0.05, 0.1) is 5.56 Å². The molecule has 0 atom stereocenters. The maximum absolute atomic E-state index is 12.7. The maximum atomic E-state index is 12.7. The third kappa shape index (κ3) is 5.18. The lowest BCUT2D eigenvalue weighted by molar-refractivity contribution is -0.137. The Morgan fingerprint density at radius 2 is 1.70 bits per heavy atom. The van der Waals surface area contributed by atoms with Crippen LogP contribution in [0.2, 0.25) is 0 Å². The summed E-state index contributed by atoms with van der Waals surface area (Å²) in [5.41, 5.74) is 0.875. The van der Waals surface area contributed by atoms with E-state index in [0.29, 0.717) is 47.2 Å². The molecule has 0 radical (unpaired) electrons. The van der Waals surface area contributed by atoms with E-state index >= 15 is 0 Å². The van der Waals surface area contributed by atoms with Crippen LogP contribution in [0.5, 0.6) is 0 Å². The van der Waals surface area contributed by atoms with Crippen LogP contribution < -0.4 is 10.6 Å². The molecule has 3 N–H and O–H groups in total. The van der Waals surface area contributed by atoms with Gasteiger partial charge < -0.3 is 15.6 Å². The van der Waals surface area contributed by atoms with Crippen molar-refractivity contribution in [1.29, 1.82) is 0 Å². The van der Waals surface area contributed by atoms with E-state index in [4.69, 9.17) is 0 Å². The van der Waals surface area contributed by atoms with Gasteiger partial charge in [0.15, 0.2) is 11.5 Å². The highest BCUT2D eigenvalue weighted by molar-refractivity contribution is 5.84. The van der Waals surface area contributed by atoms with Crippen molar-refractivity contribution < 1.29 is 13.2 Å². The van der Waals surface area contributed by atoms with E-state index < -0.39 is 11.7 Å². The van der Waals surface area contributed by atoms with Crippen LogP contribution in [0.1, 0.15) is 33.3 Å². The van der Waals surface area contributed by atoms with Crippen molar-refractivity contribution in [2.45, 2.75) is 46.0 Å². The second-order valence-electron chi connectivity index (χ2n) is 7.56. The number of nitrogens with one attached hydrogen (secondary N) is 3. The predicted octanol–water partition coefficient (Wildman–Crippen LogP) is 4.65. The van der Waals surface area contributed by atoms with Gasteiger partial charge in [0.25, 0.3) is 0 Å². The molecule has 7 nitrogen and oxygen atoms in total. The van der Waals surface area contributed by atoms with E-state index in [0.717, 1.165) is 18.7 Å². The van der Waals surface area contributed by atoms with Gasteiger partial charge in [0.2, 0.25) is 5.95 Å². The number of nitrogens with zero attached hydrogens (tertiary/aromatic N) is 4. The SMILES string of the molecule is CC(C)N(CCNc1ncnc2nc(Nc3ccc(C(F)(F)F)cc3)[nH]c12)C(C)C. The highest BCUT2D eigenvalue weighted by Crippen LogP contribution is 2.30. The first-order valence-electron chi connectivity index (χ1n) is 9.79. The van der Waals surface area contributed by atoms with Crippen LogP contribution in [0.15, 0.2) is 30.6 Å². The summed E-state index contributed by atoms with van der Waals surface area (Å²) in [5.74, 6) is 1.000. The minimum Gasteiger partial charge on any atom is -0.367 e. The van der Waals surface area contributed by atoms with Crippen molar-refractivity contribution in [2.75, 3.05) is 23.7 Å². The summed E-state index contributed by atoms with van der Waals surface area (Å²) in [6, 6.07) is 5.62. The molecule has 0 saturated carbocycles. The fraction of sp³-hybridized carbons (Fsp3) is 0.450. The Balaban J connectivity index is 1.71. The van der Waals surface area contributed by atoms with Crippen molar-refractivity contribution in [2.24, 2.45) is 0 Å². The maximum Gasteiger partial charge on any atom is 0.416 e. The summed E-state index contributed by atoms with van der Waals surface area (Å²) in [6.07, 6.45) is -2.94. The number of aromatic nitrogens is 4. The molecular weight excluding hydrogens is 395 g/mol. The molecular formula is C20H26F3N7. The van der Waals surface area contributed by atoms with Crippen molar-refractivity contribution in [1.82, 2.24) is 24.8 Å². The Morgan fingerprint density at radius 1 is 1.03 bits per heavy atom. The zero-order chi connectivity index (χ0) is 21.9. The lowest BCUT2D eigenvalue weighted by atomic mass is 10.2. The van der Waals surface area contributed by atoms with E-state index in [-0.39, 0.29) is 0 Å². The predicted molar refractivity (Wildman–Crippen MR) is 112 cm³/mol. The smallest absolute Gasteiger partial charge is 0.367 e. The molecule has 0 aliphatic carbocycles. The lowest BCUT2D eigenvalue weighted by Gasteiger charge is -2.30. The summed E-state index contributed by atoms with van der Waals surface area (Å²) in [7, 11) is 0. The van der Waals surface area contributed by atoms with Crippen molar-refractivity contribution >= 4 is 28.6 Å². The number of anilines is 3. The topological polar surface area (TPSA) is 81.8 Å². The summed E-state index contributed by atoms with van der Waals surface area (Å²) in [5, 5.41) is 6.28. The van der Waals surface area contributed by atoms with Crippen LogP contribution in [0.4, 0.5) is 30.6 Å². The lowest BCUT2D eigenvalue weighted by Crippen LogP contribution is -2.40. The molecule has 0 aliphatic heterocycles. The molecule has 0 fully saturated rings. The van der Waals surface area contributed by atoms with Gasteiger partial charge in [-0.05, 0) is 52.0 Å². The number of fused-ring (bicyclic) bond motifs is 1. The number of alkyl halides is 3. The Hall–Kier alpha value is -2.88. The van der Waals surface area contributed by atoms with Crippen LogP contribution in [0.3, 0.4) is 0 Å². The molecule has 3 rings (SSSR count). The van der Waals surface area contributed by atoms with Crippen molar-refractivity contribution in [3.63, 3.8) is 0 Å². The minimum atomic E-state index is -4.37. The van der Waals surface area contributed by atoms with Crippen LogP contribution in [0.25, 0.3) is 11.2 Å². The second-order valence-corrected chi connectivity index (χ2v) is 7.56. The average molecular weight is 421 g/mol. The van der Waals surface area contributed by atoms with E-state index in [9.17, 15) is 13.2 Å². The Labute approximate surface area is 173 Å². The number of hydrogen-bond donors (Lipinski definition) is 3. The first-order chi connectivity index (χ1) is 14.1. The minimum absolute atomic E-state index is 0.374. The van der Waals surface area contributed by atoms with E-state index in [1.54, 1.807) is 0 Å². The van der Waals surface area contributed by atoms with Crippen LogP contribution in [-0.2, 0) is 6.18 Å². The highest BCUT2D eigenvalue weighted by Gasteiger charge is 2.30. The summed E-state index contributed by atoms with van der Waals surface area (Å²) in [6.45, 7) is 10.2.